The third-order valence-electron chi connectivity index (χ3n) is 3.70. The van der Waals surface area contributed by atoms with Gasteiger partial charge >= 0.3 is 0 Å². The molecule has 0 bridgehead atoms. The van der Waals surface area contributed by atoms with E-state index < -0.39 is 10.0 Å². The topological polar surface area (TPSA) is 101 Å². The van der Waals surface area contributed by atoms with Crippen molar-refractivity contribution in [3.05, 3.63) is 29.8 Å². The summed E-state index contributed by atoms with van der Waals surface area (Å²) in [6.07, 6.45) is 3.54. The molecule has 2 rings (SSSR count). The van der Waals surface area contributed by atoms with Crippen LogP contribution in [0.4, 0.5) is 0 Å². The molecular weight excluding hydrogens is 350 g/mol. The van der Waals surface area contributed by atoms with Crippen molar-refractivity contribution >= 4 is 28.3 Å². The Hall–Kier alpha value is -1.15. The third-order valence-corrected chi connectivity index (χ3v) is 5.23. The van der Waals surface area contributed by atoms with Crippen LogP contribution in [0.1, 0.15) is 38.2 Å². The molecule has 0 radical (unpaired) electrons. The van der Waals surface area contributed by atoms with Crippen molar-refractivity contribution in [2.75, 3.05) is 6.54 Å². The fraction of sp³-hybridized carbons (Fsp3) is 0.562. The van der Waals surface area contributed by atoms with Crippen molar-refractivity contribution in [3.63, 3.8) is 0 Å². The van der Waals surface area contributed by atoms with Gasteiger partial charge in [0.2, 0.25) is 15.9 Å². The molecule has 1 amide bonds. The largest absolute Gasteiger partial charge is 0.356 e. The van der Waals surface area contributed by atoms with Gasteiger partial charge < -0.3 is 11.1 Å². The van der Waals surface area contributed by atoms with Gasteiger partial charge in [-0.3, -0.25) is 4.79 Å². The number of carbonyl (C=O) groups excluding carboxylic acids is 1. The highest BCUT2D eigenvalue weighted by atomic mass is 35.5. The van der Waals surface area contributed by atoms with Crippen LogP contribution in [-0.4, -0.2) is 33.0 Å². The van der Waals surface area contributed by atoms with Gasteiger partial charge in [0.25, 0.3) is 0 Å². The molecular formula is C16H26ClN3O3S. The average Bonchev–Trinajstić information content (AvgIpc) is 3.28. The predicted molar refractivity (Wildman–Crippen MR) is 96.6 cm³/mol. The molecule has 1 aliphatic rings. The summed E-state index contributed by atoms with van der Waals surface area (Å²) in [6, 6.07) is 6.88. The Bertz CT molecular complexity index is 628. The smallest absolute Gasteiger partial charge is 0.240 e. The molecule has 1 aliphatic carbocycles. The molecule has 0 saturated heterocycles. The number of nitrogens with two attached hydrogens (primary N) is 1. The zero-order valence-electron chi connectivity index (χ0n) is 13.8. The van der Waals surface area contributed by atoms with E-state index in [9.17, 15) is 13.2 Å². The van der Waals surface area contributed by atoms with E-state index in [1.54, 1.807) is 24.3 Å². The van der Waals surface area contributed by atoms with E-state index in [2.05, 4.69) is 10.0 Å². The van der Waals surface area contributed by atoms with Crippen molar-refractivity contribution in [3.8, 4) is 0 Å². The van der Waals surface area contributed by atoms with Gasteiger partial charge in [0.1, 0.15) is 0 Å². The van der Waals surface area contributed by atoms with Gasteiger partial charge in [-0.2, -0.15) is 0 Å². The number of carbonyl (C=O) groups is 1. The van der Waals surface area contributed by atoms with E-state index in [1.165, 1.54) is 0 Å². The van der Waals surface area contributed by atoms with Crippen LogP contribution < -0.4 is 15.8 Å². The predicted octanol–water partition coefficient (Wildman–Crippen LogP) is 1.34. The molecule has 1 fully saturated rings. The van der Waals surface area contributed by atoms with Crippen LogP contribution in [0, 0.1) is 0 Å². The molecule has 1 aromatic carbocycles. The second-order valence-electron chi connectivity index (χ2n) is 6.16. The van der Waals surface area contributed by atoms with E-state index >= 15 is 0 Å². The highest BCUT2D eigenvalue weighted by Gasteiger charge is 2.27. The van der Waals surface area contributed by atoms with Gasteiger partial charge in [0.15, 0.2) is 0 Å². The monoisotopic (exact) mass is 375 g/mol. The van der Waals surface area contributed by atoms with E-state index in [-0.39, 0.29) is 35.3 Å². The van der Waals surface area contributed by atoms with Crippen molar-refractivity contribution in [1.82, 2.24) is 10.0 Å². The molecule has 0 aliphatic heterocycles. The van der Waals surface area contributed by atoms with E-state index in [0.29, 0.717) is 19.4 Å². The van der Waals surface area contributed by atoms with Crippen LogP contribution in [0.2, 0.25) is 0 Å². The van der Waals surface area contributed by atoms with Crippen molar-refractivity contribution in [1.29, 1.82) is 0 Å². The molecule has 1 aromatic rings. The van der Waals surface area contributed by atoms with E-state index in [4.69, 9.17) is 5.73 Å². The Morgan fingerprint density at radius 1 is 1.29 bits per heavy atom. The Morgan fingerprint density at radius 3 is 2.46 bits per heavy atom. The van der Waals surface area contributed by atoms with Crippen LogP contribution in [0.25, 0.3) is 0 Å². The van der Waals surface area contributed by atoms with Crippen LogP contribution in [0.15, 0.2) is 29.2 Å². The van der Waals surface area contributed by atoms with Crippen LogP contribution >= 0.6 is 12.4 Å². The summed E-state index contributed by atoms with van der Waals surface area (Å²) < 4.78 is 26.7. The molecule has 136 valence electrons. The molecule has 24 heavy (non-hydrogen) atoms. The number of hydrogen-bond acceptors (Lipinski definition) is 4. The second-order valence-corrected chi connectivity index (χ2v) is 7.87. The minimum Gasteiger partial charge on any atom is -0.356 e. The van der Waals surface area contributed by atoms with Crippen LogP contribution in [0.5, 0.6) is 0 Å². The molecule has 0 aromatic heterocycles. The summed E-state index contributed by atoms with van der Waals surface area (Å²) in [5.41, 5.74) is 6.56. The standard InChI is InChI=1S/C16H25N3O3S.ClH/c1-12(17)10-11-18-16(20)9-4-13-2-7-15(8-3-13)23(21,22)19-14-5-6-14;/h2-3,7-8,12,14,19H,4-6,9-11,17H2,1H3,(H,18,20);1H. The van der Waals surface area contributed by atoms with E-state index in [0.717, 1.165) is 24.8 Å². The molecule has 8 heteroatoms. The fourth-order valence-corrected chi connectivity index (χ4v) is 3.41. The van der Waals surface area contributed by atoms with Crippen molar-refractivity contribution < 1.29 is 13.2 Å². The minimum absolute atomic E-state index is 0. The SMILES string of the molecule is CC(N)CCNC(=O)CCc1ccc(S(=O)(=O)NC2CC2)cc1.Cl. The maximum absolute atomic E-state index is 12.0. The molecule has 1 atom stereocenters. The fourth-order valence-electron chi connectivity index (χ4n) is 2.11. The van der Waals surface area contributed by atoms with Gasteiger partial charge in [-0.1, -0.05) is 12.1 Å². The first-order chi connectivity index (χ1) is 10.9. The quantitative estimate of drug-likeness (QED) is 0.606. The third kappa shape index (κ3) is 7.17. The summed E-state index contributed by atoms with van der Waals surface area (Å²) >= 11 is 0. The number of amides is 1. The first kappa shape index (κ1) is 20.9. The number of aryl methyl sites for hydroxylation is 1. The molecule has 6 nitrogen and oxygen atoms in total. The normalized spacial score (nSPS) is 15.4. The van der Waals surface area contributed by atoms with Crippen LogP contribution in [-0.2, 0) is 21.2 Å². The van der Waals surface area contributed by atoms with Gasteiger partial charge in [-0.15, -0.1) is 12.4 Å². The molecule has 1 saturated carbocycles. The van der Waals surface area contributed by atoms with Crippen molar-refractivity contribution in [2.45, 2.75) is 56.0 Å². The minimum atomic E-state index is -3.41. The lowest BCUT2D eigenvalue weighted by Gasteiger charge is -2.08. The Balaban J connectivity index is 0.00000288. The lowest BCUT2D eigenvalue weighted by atomic mass is 10.1. The maximum Gasteiger partial charge on any atom is 0.240 e. The van der Waals surface area contributed by atoms with Gasteiger partial charge in [0, 0.05) is 25.0 Å². The average molecular weight is 376 g/mol. The number of hydrogen-bond donors (Lipinski definition) is 3. The lowest BCUT2D eigenvalue weighted by Crippen LogP contribution is -2.29. The van der Waals surface area contributed by atoms with E-state index in [1.807, 2.05) is 6.92 Å². The van der Waals surface area contributed by atoms with Crippen molar-refractivity contribution in [2.24, 2.45) is 5.73 Å². The first-order valence-corrected chi connectivity index (χ1v) is 9.49. The zero-order chi connectivity index (χ0) is 16.9. The Kier molecular flexibility index (Phi) is 8.15. The summed E-state index contributed by atoms with van der Waals surface area (Å²) in [5.74, 6) is -0.0160. The highest BCUT2D eigenvalue weighted by molar-refractivity contribution is 7.89. The molecule has 4 N–H and O–H groups in total. The summed E-state index contributed by atoms with van der Waals surface area (Å²) in [5, 5.41) is 2.82. The molecule has 0 spiro atoms. The summed E-state index contributed by atoms with van der Waals surface area (Å²) in [7, 11) is -3.41. The number of sulfonamides is 1. The second kappa shape index (κ2) is 9.36. The molecule has 1 unspecified atom stereocenters. The van der Waals surface area contributed by atoms with Gasteiger partial charge in [-0.05, 0) is 50.3 Å². The Morgan fingerprint density at radius 2 is 1.92 bits per heavy atom. The maximum atomic E-state index is 12.0. The van der Waals surface area contributed by atoms with Gasteiger partial charge in [-0.25, -0.2) is 13.1 Å². The zero-order valence-corrected chi connectivity index (χ0v) is 15.5. The first-order valence-electron chi connectivity index (χ1n) is 8.00. The lowest BCUT2D eigenvalue weighted by molar-refractivity contribution is -0.121. The number of benzene rings is 1. The highest BCUT2D eigenvalue weighted by Crippen LogP contribution is 2.22. The number of nitrogens with one attached hydrogen (secondary N) is 2. The summed E-state index contributed by atoms with van der Waals surface area (Å²) in [4.78, 5) is 12.0. The molecule has 0 heterocycles. The number of rotatable bonds is 9. The van der Waals surface area contributed by atoms with Gasteiger partial charge in [0.05, 0.1) is 4.90 Å². The van der Waals surface area contributed by atoms with Crippen LogP contribution in [0.3, 0.4) is 0 Å². The number of halogens is 1. The summed E-state index contributed by atoms with van der Waals surface area (Å²) in [6.45, 7) is 2.49. The Labute approximate surface area is 150 Å².